The van der Waals surface area contributed by atoms with Crippen molar-refractivity contribution in [2.75, 3.05) is 13.7 Å². The van der Waals surface area contributed by atoms with Crippen LogP contribution < -0.4 is 5.32 Å². The summed E-state index contributed by atoms with van der Waals surface area (Å²) in [5, 5.41) is 14.4. The van der Waals surface area contributed by atoms with E-state index in [1.807, 2.05) is 0 Å². The van der Waals surface area contributed by atoms with Gasteiger partial charge in [-0.3, -0.25) is 9.59 Å². The van der Waals surface area contributed by atoms with Gasteiger partial charge in [0.2, 0.25) is 5.82 Å². The topological polar surface area (TPSA) is 99.0 Å². The Morgan fingerprint density at radius 3 is 2.86 bits per heavy atom. The molecule has 0 unspecified atom stereocenters. The van der Waals surface area contributed by atoms with E-state index in [9.17, 15) is 9.59 Å². The lowest BCUT2D eigenvalue weighted by molar-refractivity contribution is -0.140. The zero-order valence-electron chi connectivity index (χ0n) is 11.7. The summed E-state index contributed by atoms with van der Waals surface area (Å²) >= 11 is 0. The lowest BCUT2D eigenvalue weighted by atomic mass is 10.1. The van der Waals surface area contributed by atoms with E-state index < -0.39 is 0 Å². The van der Waals surface area contributed by atoms with Crippen molar-refractivity contribution in [3.8, 4) is 11.4 Å². The molecule has 1 aromatic carbocycles. The molecule has 0 atom stereocenters. The molecule has 0 aliphatic rings. The van der Waals surface area contributed by atoms with Gasteiger partial charge in [0.05, 0.1) is 20.6 Å². The van der Waals surface area contributed by atoms with Gasteiger partial charge in [-0.1, -0.05) is 12.1 Å². The number of nitrogens with zero attached hydrogens (tertiary/aromatic N) is 4. The number of methoxy groups -OCH3 is 1. The highest BCUT2D eigenvalue weighted by atomic mass is 16.5. The van der Waals surface area contributed by atoms with Crippen LogP contribution in [0.1, 0.15) is 16.8 Å². The van der Waals surface area contributed by atoms with Crippen LogP contribution in [0.3, 0.4) is 0 Å². The van der Waals surface area contributed by atoms with Crippen LogP contribution in [0.15, 0.2) is 24.3 Å². The van der Waals surface area contributed by atoms with Crippen LogP contribution >= 0.6 is 0 Å². The van der Waals surface area contributed by atoms with Crippen molar-refractivity contribution >= 4 is 11.9 Å². The monoisotopic (exact) mass is 289 g/mol. The minimum absolute atomic E-state index is 0.133. The third-order valence-electron chi connectivity index (χ3n) is 2.73. The molecule has 0 aliphatic heterocycles. The van der Waals surface area contributed by atoms with Crippen molar-refractivity contribution in [3.05, 3.63) is 29.8 Å². The Hall–Kier alpha value is -2.77. The van der Waals surface area contributed by atoms with Crippen molar-refractivity contribution in [3.63, 3.8) is 0 Å². The van der Waals surface area contributed by atoms with Crippen LogP contribution in [0.2, 0.25) is 0 Å². The SMILES string of the molecule is COC(=O)CCNC(=O)c1cccc(-c2nnn(C)n2)c1. The Morgan fingerprint density at radius 1 is 1.38 bits per heavy atom. The summed E-state index contributed by atoms with van der Waals surface area (Å²) in [6.07, 6.45) is 0.133. The van der Waals surface area contributed by atoms with Gasteiger partial charge in [0, 0.05) is 17.7 Å². The van der Waals surface area contributed by atoms with E-state index in [0.717, 1.165) is 0 Å². The van der Waals surface area contributed by atoms with E-state index in [1.165, 1.54) is 11.9 Å². The fourth-order valence-electron chi connectivity index (χ4n) is 1.68. The Morgan fingerprint density at radius 2 is 2.19 bits per heavy atom. The van der Waals surface area contributed by atoms with Crippen molar-refractivity contribution in [1.29, 1.82) is 0 Å². The standard InChI is InChI=1S/C13H15N5O3/c1-18-16-12(15-17-18)9-4-3-5-10(8-9)13(20)14-7-6-11(19)21-2/h3-5,8H,6-7H2,1-2H3,(H,14,20). The summed E-state index contributed by atoms with van der Waals surface area (Å²) in [5.41, 5.74) is 1.16. The van der Waals surface area contributed by atoms with E-state index in [-0.39, 0.29) is 24.8 Å². The molecule has 0 spiro atoms. The number of benzene rings is 1. The van der Waals surface area contributed by atoms with Gasteiger partial charge in [-0.05, 0) is 17.3 Å². The molecule has 8 heteroatoms. The first-order valence-electron chi connectivity index (χ1n) is 6.29. The molecule has 0 radical (unpaired) electrons. The van der Waals surface area contributed by atoms with Crippen molar-refractivity contribution in [2.24, 2.45) is 7.05 Å². The number of aryl methyl sites for hydroxylation is 1. The Labute approximate surface area is 121 Å². The lowest BCUT2D eigenvalue weighted by Crippen LogP contribution is -2.26. The fourth-order valence-corrected chi connectivity index (χ4v) is 1.68. The largest absolute Gasteiger partial charge is 0.469 e. The molecule has 0 saturated heterocycles. The van der Waals surface area contributed by atoms with Crippen LogP contribution in [-0.2, 0) is 16.6 Å². The van der Waals surface area contributed by atoms with Gasteiger partial charge in [-0.25, -0.2) is 0 Å². The molecular weight excluding hydrogens is 274 g/mol. The number of tetrazole rings is 1. The summed E-state index contributed by atoms with van der Waals surface area (Å²) in [6.45, 7) is 0.221. The molecule has 0 fully saturated rings. The maximum Gasteiger partial charge on any atom is 0.307 e. The van der Waals surface area contributed by atoms with Gasteiger partial charge in [-0.2, -0.15) is 4.80 Å². The van der Waals surface area contributed by atoms with Gasteiger partial charge < -0.3 is 10.1 Å². The molecule has 1 amide bonds. The molecule has 2 rings (SSSR count). The van der Waals surface area contributed by atoms with Crippen LogP contribution in [0.25, 0.3) is 11.4 Å². The Bertz CT molecular complexity index is 653. The highest BCUT2D eigenvalue weighted by molar-refractivity contribution is 5.95. The van der Waals surface area contributed by atoms with E-state index in [0.29, 0.717) is 17.0 Å². The second kappa shape index (κ2) is 6.60. The third-order valence-corrected chi connectivity index (χ3v) is 2.73. The molecular formula is C13H15N5O3. The molecule has 1 N–H and O–H groups in total. The number of aromatic nitrogens is 4. The maximum absolute atomic E-state index is 12.0. The molecule has 1 aromatic heterocycles. The van der Waals surface area contributed by atoms with Crippen LogP contribution in [-0.4, -0.2) is 45.7 Å². The highest BCUT2D eigenvalue weighted by Crippen LogP contribution is 2.15. The predicted octanol–water partition coefficient (Wildman–Crippen LogP) is 0.170. The average Bonchev–Trinajstić information content (AvgIpc) is 2.93. The average molecular weight is 289 g/mol. The first kappa shape index (κ1) is 14.6. The molecule has 8 nitrogen and oxygen atoms in total. The summed E-state index contributed by atoms with van der Waals surface area (Å²) in [4.78, 5) is 24.3. The van der Waals surface area contributed by atoms with Gasteiger partial charge >= 0.3 is 5.97 Å². The number of rotatable bonds is 5. The second-order valence-corrected chi connectivity index (χ2v) is 4.27. The Balaban J connectivity index is 2.03. The minimum atomic E-state index is -0.368. The van der Waals surface area contributed by atoms with Gasteiger partial charge in [0.25, 0.3) is 5.91 Å². The van der Waals surface area contributed by atoms with Gasteiger partial charge in [0.15, 0.2) is 0 Å². The molecule has 0 bridgehead atoms. The summed E-state index contributed by atoms with van der Waals surface area (Å²) in [5.74, 6) is -0.195. The molecule has 110 valence electrons. The zero-order chi connectivity index (χ0) is 15.2. The number of hydrogen-bond donors (Lipinski definition) is 1. The van der Waals surface area contributed by atoms with Crippen LogP contribution in [0, 0.1) is 0 Å². The van der Waals surface area contributed by atoms with E-state index >= 15 is 0 Å². The number of nitrogens with one attached hydrogen (secondary N) is 1. The number of amides is 1. The zero-order valence-corrected chi connectivity index (χ0v) is 11.7. The first-order valence-corrected chi connectivity index (χ1v) is 6.29. The van der Waals surface area contributed by atoms with E-state index in [1.54, 1.807) is 31.3 Å². The molecule has 21 heavy (non-hydrogen) atoms. The first-order chi connectivity index (χ1) is 10.1. The fraction of sp³-hybridized carbons (Fsp3) is 0.308. The second-order valence-electron chi connectivity index (χ2n) is 4.27. The molecule has 0 saturated carbocycles. The van der Waals surface area contributed by atoms with Crippen molar-refractivity contribution < 1.29 is 14.3 Å². The summed E-state index contributed by atoms with van der Waals surface area (Å²) in [6, 6.07) is 6.88. The smallest absolute Gasteiger partial charge is 0.307 e. The number of esters is 1. The van der Waals surface area contributed by atoms with Crippen molar-refractivity contribution in [2.45, 2.75) is 6.42 Å². The van der Waals surface area contributed by atoms with Crippen LogP contribution in [0.5, 0.6) is 0 Å². The molecule has 1 heterocycles. The highest BCUT2D eigenvalue weighted by Gasteiger charge is 2.10. The molecule has 2 aromatic rings. The quantitative estimate of drug-likeness (QED) is 0.788. The summed E-state index contributed by atoms with van der Waals surface area (Å²) in [7, 11) is 2.97. The predicted molar refractivity (Wildman–Crippen MR) is 73.2 cm³/mol. The number of carbonyl (C=O) groups is 2. The van der Waals surface area contributed by atoms with Crippen LogP contribution in [0.4, 0.5) is 0 Å². The van der Waals surface area contributed by atoms with Gasteiger partial charge in [0.1, 0.15) is 0 Å². The van der Waals surface area contributed by atoms with E-state index in [4.69, 9.17) is 0 Å². The Kier molecular flexibility index (Phi) is 4.60. The van der Waals surface area contributed by atoms with Gasteiger partial charge in [-0.15, -0.1) is 10.2 Å². The number of ether oxygens (including phenoxy) is 1. The number of hydrogen-bond acceptors (Lipinski definition) is 6. The lowest BCUT2D eigenvalue weighted by Gasteiger charge is -2.05. The van der Waals surface area contributed by atoms with Crippen molar-refractivity contribution in [1.82, 2.24) is 25.5 Å². The maximum atomic E-state index is 12.0. The van der Waals surface area contributed by atoms with E-state index in [2.05, 4.69) is 25.5 Å². The molecule has 0 aliphatic carbocycles. The number of carbonyl (C=O) groups excluding carboxylic acids is 2. The normalized spacial score (nSPS) is 10.2. The minimum Gasteiger partial charge on any atom is -0.469 e. The summed E-state index contributed by atoms with van der Waals surface area (Å²) < 4.78 is 4.50. The third kappa shape index (κ3) is 3.85.